The van der Waals surface area contributed by atoms with Gasteiger partial charge in [0.15, 0.2) is 0 Å². The van der Waals surface area contributed by atoms with Crippen molar-refractivity contribution in [1.29, 1.82) is 5.26 Å². The molecule has 0 saturated carbocycles. The standard InChI is InChI=1S/C9H7F3N2O4S/c10-9(11,12)19(17,18)14-2-1-6(4-8(15)16)3-7(14)5-13/h1-3,6H,4H2,(H,15,16). The second-order valence-electron chi connectivity index (χ2n) is 3.51. The number of carboxylic acids is 1. The molecule has 10 heteroatoms. The number of allylic oxidation sites excluding steroid dienone is 3. The largest absolute Gasteiger partial charge is 0.517 e. The topological polar surface area (TPSA) is 98.5 Å². The lowest BCUT2D eigenvalue weighted by Crippen LogP contribution is -2.38. The molecular weight excluding hydrogens is 289 g/mol. The number of carbonyl (C=O) groups is 1. The van der Waals surface area contributed by atoms with Crippen molar-refractivity contribution in [3.05, 3.63) is 24.0 Å². The van der Waals surface area contributed by atoms with E-state index >= 15 is 0 Å². The molecule has 0 radical (unpaired) electrons. The number of aliphatic carboxylic acids is 1. The van der Waals surface area contributed by atoms with Crippen LogP contribution in [0.15, 0.2) is 24.0 Å². The molecule has 0 aromatic carbocycles. The molecule has 19 heavy (non-hydrogen) atoms. The maximum atomic E-state index is 12.3. The van der Waals surface area contributed by atoms with E-state index in [1.54, 1.807) is 0 Å². The van der Waals surface area contributed by atoms with Crippen molar-refractivity contribution in [3.63, 3.8) is 0 Å². The van der Waals surface area contributed by atoms with Crippen molar-refractivity contribution in [2.24, 2.45) is 5.92 Å². The minimum Gasteiger partial charge on any atom is -0.481 e. The van der Waals surface area contributed by atoms with E-state index in [9.17, 15) is 26.4 Å². The number of hydrogen-bond acceptors (Lipinski definition) is 4. The number of rotatable bonds is 3. The van der Waals surface area contributed by atoms with E-state index in [-0.39, 0.29) is 4.31 Å². The summed E-state index contributed by atoms with van der Waals surface area (Å²) in [5.41, 5.74) is -6.33. The molecule has 1 unspecified atom stereocenters. The van der Waals surface area contributed by atoms with E-state index in [4.69, 9.17) is 10.4 Å². The monoisotopic (exact) mass is 296 g/mol. The lowest BCUT2D eigenvalue weighted by Gasteiger charge is -2.24. The Hall–Kier alpha value is -2.02. The Morgan fingerprint density at radius 3 is 2.53 bits per heavy atom. The summed E-state index contributed by atoms with van der Waals surface area (Å²) in [4.78, 5) is 10.4. The highest BCUT2D eigenvalue weighted by Crippen LogP contribution is 2.32. The fraction of sp³-hybridized carbons (Fsp3) is 0.333. The molecular formula is C9H7F3N2O4S. The third-order valence-corrected chi connectivity index (χ3v) is 3.58. The van der Waals surface area contributed by atoms with Crippen LogP contribution in [0.4, 0.5) is 13.2 Å². The van der Waals surface area contributed by atoms with Crippen LogP contribution in [-0.4, -0.2) is 29.3 Å². The van der Waals surface area contributed by atoms with Crippen LogP contribution in [0.5, 0.6) is 0 Å². The second kappa shape index (κ2) is 4.93. The van der Waals surface area contributed by atoms with Gasteiger partial charge in [0.25, 0.3) is 0 Å². The van der Waals surface area contributed by atoms with Crippen LogP contribution in [0.25, 0.3) is 0 Å². The normalized spacial score (nSPS) is 19.8. The lowest BCUT2D eigenvalue weighted by atomic mass is 10.0. The van der Waals surface area contributed by atoms with E-state index in [0.717, 1.165) is 12.2 Å². The van der Waals surface area contributed by atoms with E-state index in [1.165, 1.54) is 6.07 Å². The van der Waals surface area contributed by atoms with Crippen LogP contribution in [-0.2, 0) is 14.8 Å². The van der Waals surface area contributed by atoms with Crippen LogP contribution in [0.3, 0.4) is 0 Å². The van der Waals surface area contributed by atoms with Gasteiger partial charge in [-0.2, -0.15) is 26.9 Å². The fourth-order valence-electron chi connectivity index (χ4n) is 1.34. The average Bonchev–Trinajstić information content (AvgIpc) is 2.26. The molecule has 104 valence electrons. The number of nitrogens with zero attached hydrogens (tertiary/aromatic N) is 2. The highest BCUT2D eigenvalue weighted by Gasteiger charge is 2.50. The van der Waals surface area contributed by atoms with Gasteiger partial charge in [0.05, 0.1) is 6.42 Å². The zero-order valence-corrected chi connectivity index (χ0v) is 9.94. The molecule has 0 amide bonds. The molecule has 0 bridgehead atoms. The number of sulfonamides is 1. The third-order valence-electron chi connectivity index (χ3n) is 2.15. The number of alkyl halides is 3. The summed E-state index contributed by atoms with van der Waals surface area (Å²) in [5.74, 6) is -2.07. The maximum Gasteiger partial charge on any atom is 0.517 e. The van der Waals surface area contributed by atoms with Gasteiger partial charge in [0.1, 0.15) is 11.8 Å². The number of nitriles is 1. The van der Waals surface area contributed by atoms with Crippen LogP contribution in [0.2, 0.25) is 0 Å². The predicted octanol–water partition coefficient (Wildman–Crippen LogP) is 1.16. The molecule has 0 saturated heterocycles. The molecule has 1 aliphatic rings. The summed E-state index contributed by atoms with van der Waals surface area (Å²) in [5, 5.41) is 17.2. The molecule has 0 aliphatic carbocycles. The molecule has 0 spiro atoms. The van der Waals surface area contributed by atoms with Gasteiger partial charge in [0.2, 0.25) is 0 Å². The first-order valence-corrected chi connectivity index (χ1v) is 6.16. The van der Waals surface area contributed by atoms with Crippen LogP contribution in [0.1, 0.15) is 6.42 Å². The first kappa shape index (κ1) is 15.0. The zero-order valence-electron chi connectivity index (χ0n) is 9.13. The third kappa shape index (κ3) is 3.05. The van der Waals surface area contributed by atoms with E-state index < -0.39 is 39.5 Å². The Morgan fingerprint density at radius 1 is 1.53 bits per heavy atom. The van der Waals surface area contributed by atoms with Crippen molar-refractivity contribution in [2.75, 3.05) is 0 Å². The average molecular weight is 296 g/mol. The first-order chi connectivity index (χ1) is 8.59. The van der Waals surface area contributed by atoms with Crippen LogP contribution in [0, 0.1) is 17.2 Å². The molecule has 1 aliphatic heterocycles. The van der Waals surface area contributed by atoms with Gasteiger partial charge in [-0.1, -0.05) is 6.08 Å². The van der Waals surface area contributed by atoms with Crippen molar-refractivity contribution >= 4 is 16.0 Å². The smallest absolute Gasteiger partial charge is 0.481 e. The summed E-state index contributed by atoms with van der Waals surface area (Å²) >= 11 is 0. The Labute approximate surface area is 106 Å². The highest BCUT2D eigenvalue weighted by atomic mass is 32.2. The Bertz CT molecular complexity index is 586. The lowest BCUT2D eigenvalue weighted by molar-refractivity contribution is -0.137. The van der Waals surface area contributed by atoms with Crippen molar-refractivity contribution in [2.45, 2.75) is 11.9 Å². The van der Waals surface area contributed by atoms with Gasteiger partial charge in [-0.3, -0.25) is 4.79 Å². The number of halogens is 3. The Balaban J connectivity index is 3.13. The van der Waals surface area contributed by atoms with Gasteiger partial charge in [-0.25, -0.2) is 4.31 Å². The SMILES string of the molecule is N#CC1=CC(CC(=O)O)C=CN1S(=O)(=O)C(F)(F)F. The van der Waals surface area contributed by atoms with Crippen LogP contribution < -0.4 is 0 Å². The maximum absolute atomic E-state index is 12.3. The van der Waals surface area contributed by atoms with Gasteiger partial charge in [-0.15, -0.1) is 0 Å². The molecule has 6 nitrogen and oxygen atoms in total. The quantitative estimate of drug-likeness (QED) is 0.842. The van der Waals surface area contributed by atoms with Crippen molar-refractivity contribution < 1.29 is 31.5 Å². The summed E-state index contributed by atoms with van der Waals surface area (Å²) in [6.45, 7) is 0. The first-order valence-electron chi connectivity index (χ1n) is 4.72. The number of carboxylic acid groups (broad SMARTS) is 1. The van der Waals surface area contributed by atoms with E-state index in [0.29, 0.717) is 6.20 Å². The van der Waals surface area contributed by atoms with Gasteiger partial charge in [-0.05, 0) is 6.08 Å². The zero-order chi connectivity index (χ0) is 14.8. The fourth-order valence-corrected chi connectivity index (χ4v) is 2.15. The molecule has 1 N–H and O–H groups in total. The number of hydrogen-bond donors (Lipinski definition) is 1. The van der Waals surface area contributed by atoms with Crippen molar-refractivity contribution in [3.8, 4) is 6.07 Å². The Kier molecular flexibility index (Phi) is 3.90. The van der Waals surface area contributed by atoms with Gasteiger partial charge < -0.3 is 5.11 Å². The Morgan fingerprint density at radius 2 is 2.11 bits per heavy atom. The van der Waals surface area contributed by atoms with Gasteiger partial charge >= 0.3 is 21.5 Å². The summed E-state index contributed by atoms with van der Waals surface area (Å²) in [6, 6.07) is 1.30. The molecule has 1 rings (SSSR count). The summed E-state index contributed by atoms with van der Waals surface area (Å²) in [6.07, 6.45) is 1.91. The predicted molar refractivity (Wildman–Crippen MR) is 55.4 cm³/mol. The van der Waals surface area contributed by atoms with E-state index in [1.807, 2.05) is 0 Å². The van der Waals surface area contributed by atoms with Crippen LogP contribution >= 0.6 is 0 Å². The van der Waals surface area contributed by atoms with Crippen molar-refractivity contribution in [1.82, 2.24) is 4.31 Å². The summed E-state index contributed by atoms with van der Waals surface area (Å²) in [7, 11) is -5.70. The summed E-state index contributed by atoms with van der Waals surface area (Å²) < 4.78 is 59.1. The minimum atomic E-state index is -5.70. The van der Waals surface area contributed by atoms with Gasteiger partial charge in [0, 0.05) is 12.1 Å². The minimum absolute atomic E-state index is 0.217. The highest BCUT2D eigenvalue weighted by molar-refractivity contribution is 7.90. The molecule has 1 atom stereocenters. The molecule has 0 fully saturated rings. The van der Waals surface area contributed by atoms with E-state index in [2.05, 4.69) is 0 Å². The second-order valence-corrected chi connectivity index (χ2v) is 5.32. The molecule has 1 heterocycles. The molecule has 0 aromatic heterocycles. The molecule has 0 aromatic rings.